The van der Waals surface area contributed by atoms with Crippen molar-refractivity contribution in [3.8, 4) is 0 Å². The molecular weight excluding hydrogens is 268 g/mol. The summed E-state index contributed by atoms with van der Waals surface area (Å²) in [6.45, 7) is 13.8. The first-order valence-corrected chi connectivity index (χ1v) is 7.70. The number of hydrogen-bond acceptors (Lipinski definition) is 4. The number of nitrogens with zero attached hydrogens (tertiary/aromatic N) is 3. The minimum atomic E-state index is 0.0302. The second kappa shape index (κ2) is 9.52. The van der Waals surface area contributed by atoms with Crippen LogP contribution in [0.5, 0.6) is 0 Å². The van der Waals surface area contributed by atoms with Crippen LogP contribution in [0.15, 0.2) is 12.7 Å². The van der Waals surface area contributed by atoms with Crippen LogP contribution in [0.1, 0.15) is 13.8 Å². The predicted octanol–water partition coefficient (Wildman–Crippen LogP) is -0.225. The Morgan fingerprint density at radius 3 is 2.10 bits per heavy atom. The van der Waals surface area contributed by atoms with E-state index in [-0.39, 0.29) is 11.8 Å². The van der Waals surface area contributed by atoms with Crippen LogP contribution >= 0.6 is 0 Å². The van der Waals surface area contributed by atoms with E-state index in [1.54, 1.807) is 6.08 Å². The van der Waals surface area contributed by atoms with Gasteiger partial charge in [0, 0.05) is 45.8 Å². The minimum Gasteiger partial charge on any atom is -0.352 e. The van der Waals surface area contributed by atoms with Gasteiger partial charge in [0.2, 0.25) is 11.8 Å². The molecule has 1 aliphatic rings. The van der Waals surface area contributed by atoms with Crippen LogP contribution in [0.3, 0.4) is 0 Å². The van der Waals surface area contributed by atoms with Gasteiger partial charge >= 0.3 is 0 Å². The summed E-state index contributed by atoms with van der Waals surface area (Å²) in [6.07, 6.45) is 1.68. The predicted molar refractivity (Wildman–Crippen MR) is 84.0 cm³/mol. The summed E-state index contributed by atoms with van der Waals surface area (Å²) in [6, 6.07) is 0. The number of likely N-dealkylation sites (N-methyl/N-ethyl adjacent to an activating group) is 1. The molecule has 0 aromatic heterocycles. The molecule has 0 saturated carbocycles. The summed E-state index contributed by atoms with van der Waals surface area (Å²) in [5.74, 6) is 0.222. The molecule has 0 aromatic carbocycles. The second-order valence-electron chi connectivity index (χ2n) is 5.21. The third kappa shape index (κ3) is 6.27. The monoisotopic (exact) mass is 296 g/mol. The van der Waals surface area contributed by atoms with E-state index in [1.807, 2.05) is 18.7 Å². The molecule has 1 saturated heterocycles. The number of carbonyl (C=O) groups is 2. The van der Waals surface area contributed by atoms with Crippen LogP contribution in [0, 0.1) is 0 Å². The molecule has 1 N–H and O–H groups in total. The summed E-state index contributed by atoms with van der Waals surface area (Å²) < 4.78 is 0. The van der Waals surface area contributed by atoms with Gasteiger partial charge in [0.05, 0.1) is 13.1 Å². The van der Waals surface area contributed by atoms with Gasteiger partial charge in [-0.15, -0.1) is 6.58 Å². The zero-order valence-corrected chi connectivity index (χ0v) is 13.3. The van der Waals surface area contributed by atoms with Gasteiger partial charge in [-0.05, 0) is 13.8 Å². The molecule has 0 unspecified atom stereocenters. The quantitative estimate of drug-likeness (QED) is 0.629. The average molecular weight is 296 g/mol. The summed E-state index contributed by atoms with van der Waals surface area (Å²) in [5.41, 5.74) is 0. The van der Waals surface area contributed by atoms with Crippen molar-refractivity contribution in [1.29, 1.82) is 0 Å². The molecule has 6 heteroatoms. The molecule has 0 atom stereocenters. The first kappa shape index (κ1) is 17.7. The van der Waals surface area contributed by atoms with Gasteiger partial charge in [-0.1, -0.05) is 6.08 Å². The third-order valence-corrected chi connectivity index (χ3v) is 3.75. The summed E-state index contributed by atoms with van der Waals surface area (Å²) >= 11 is 0. The molecule has 2 amide bonds. The van der Waals surface area contributed by atoms with Crippen molar-refractivity contribution in [2.75, 3.05) is 58.9 Å². The van der Waals surface area contributed by atoms with Gasteiger partial charge in [0.1, 0.15) is 0 Å². The smallest absolute Gasteiger partial charge is 0.236 e. The Bertz CT molecular complexity index is 348. The Kier molecular flexibility index (Phi) is 8.00. The number of nitrogens with one attached hydrogen (secondary N) is 1. The first-order chi connectivity index (χ1) is 10.1. The first-order valence-electron chi connectivity index (χ1n) is 7.70. The van der Waals surface area contributed by atoms with Gasteiger partial charge in [0.25, 0.3) is 0 Å². The Morgan fingerprint density at radius 2 is 1.62 bits per heavy atom. The molecule has 0 aliphatic carbocycles. The zero-order chi connectivity index (χ0) is 15.7. The Morgan fingerprint density at radius 1 is 1.10 bits per heavy atom. The lowest BCUT2D eigenvalue weighted by atomic mass is 10.3. The van der Waals surface area contributed by atoms with Gasteiger partial charge in [-0.3, -0.25) is 19.4 Å². The molecule has 120 valence electrons. The number of piperazine rings is 1. The number of rotatable bonds is 8. The minimum absolute atomic E-state index is 0.0302. The van der Waals surface area contributed by atoms with Crippen molar-refractivity contribution in [2.24, 2.45) is 0 Å². The lowest BCUT2D eigenvalue weighted by molar-refractivity contribution is -0.133. The highest BCUT2D eigenvalue weighted by Crippen LogP contribution is 2.02. The van der Waals surface area contributed by atoms with E-state index in [2.05, 4.69) is 21.7 Å². The molecule has 0 bridgehead atoms. The van der Waals surface area contributed by atoms with Gasteiger partial charge in [-0.25, -0.2) is 0 Å². The Hall–Kier alpha value is -1.40. The van der Waals surface area contributed by atoms with E-state index in [0.717, 1.165) is 39.3 Å². The molecule has 0 spiro atoms. The molecule has 1 rings (SSSR count). The fraction of sp³-hybridized carbons (Fsp3) is 0.733. The normalized spacial score (nSPS) is 16.5. The molecule has 0 aromatic rings. The molecule has 21 heavy (non-hydrogen) atoms. The summed E-state index contributed by atoms with van der Waals surface area (Å²) in [5, 5.41) is 2.78. The second-order valence-corrected chi connectivity index (χ2v) is 5.21. The fourth-order valence-corrected chi connectivity index (χ4v) is 2.42. The van der Waals surface area contributed by atoms with Crippen LogP contribution in [-0.2, 0) is 9.59 Å². The van der Waals surface area contributed by atoms with Crippen molar-refractivity contribution in [3.05, 3.63) is 12.7 Å². The van der Waals surface area contributed by atoms with Crippen LogP contribution in [-0.4, -0.2) is 85.4 Å². The molecule has 1 aliphatic heterocycles. The number of hydrogen-bond donors (Lipinski definition) is 1. The van der Waals surface area contributed by atoms with E-state index in [0.29, 0.717) is 19.6 Å². The highest BCUT2D eigenvalue weighted by molar-refractivity contribution is 5.78. The molecule has 1 fully saturated rings. The van der Waals surface area contributed by atoms with E-state index < -0.39 is 0 Å². The van der Waals surface area contributed by atoms with Crippen LogP contribution in [0.25, 0.3) is 0 Å². The third-order valence-electron chi connectivity index (χ3n) is 3.75. The fourth-order valence-electron chi connectivity index (χ4n) is 2.42. The Balaban J connectivity index is 2.27. The van der Waals surface area contributed by atoms with E-state index in [9.17, 15) is 9.59 Å². The van der Waals surface area contributed by atoms with Crippen molar-refractivity contribution in [1.82, 2.24) is 20.0 Å². The summed E-state index contributed by atoms with van der Waals surface area (Å²) in [7, 11) is 0. The lowest BCUT2D eigenvalue weighted by Crippen LogP contribution is -2.52. The van der Waals surface area contributed by atoms with Crippen LogP contribution < -0.4 is 5.32 Å². The van der Waals surface area contributed by atoms with E-state index in [4.69, 9.17) is 0 Å². The van der Waals surface area contributed by atoms with Crippen LogP contribution in [0.2, 0.25) is 0 Å². The molecule has 1 heterocycles. The maximum atomic E-state index is 12.0. The zero-order valence-electron chi connectivity index (χ0n) is 13.3. The maximum Gasteiger partial charge on any atom is 0.236 e. The average Bonchev–Trinajstić information content (AvgIpc) is 2.48. The maximum absolute atomic E-state index is 12.0. The number of carbonyl (C=O) groups excluding carboxylic acids is 2. The van der Waals surface area contributed by atoms with Gasteiger partial charge in [-0.2, -0.15) is 0 Å². The van der Waals surface area contributed by atoms with Crippen molar-refractivity contribution >= 4 is 11.8 Å². The number of amides is 2. The molecule has 0 radical (unpaired) electrons. The SMILES string of the molecule is C=CCNC(=O)CN1CCN(CC(=O)N(CC)CC)CC1. The van der Waals surface area contributed by atoms with Crippen molar-refractivity contribution in [2.45, 2.75) is 13.8 Å². The van der Waals surface area contributed by atoms with E-state index in [1.165, 1.54) is 0 Å². The van der Waals surface area contributed by atoms with Crippen LogP contribution in [0.4, 0.5) is 0 Å². The topological polar surface area (TPSA) is 55.9 Å². The highest BCUT2D eigenvalue weighted by atomic mass is 16.2. The Labute approximate surface area is 127 Å². The summed E-state index contributed by atoms with van der Waals surface area (Å²) in [4.78, 5) is 29.8. The standard InChI is InChI=1S/C15H28N4O2/c1-4-7-16-14(20)12-17-8-10-18(11-9-17)13-15(21)19(5-2)6-3/h4H,1,5-13H2,2-3H3,(H,16,20). The molecular formula is C15H28N4O2. The highest BCUT2D eigenvalue weighted by Gasteiger charge is 2.21. The molecule has 6 nitrogen and oxygen atoms in total. The largest absolute Gasteiger partial charge is 0.352 e. The van der Waals surface area contributed by atoms with E-state index >= 15 is 0 Å². The lowest BCUT2D eigenvalue weighted by Gasteiger charge is -2.34. The van der Waals surface area contributed by atoms with Crippen molar-refractivity contribution < 1.29 is 9.59 Å². The van der Waals surface area contributed by atoms with Gasteiger partial charge < -0.3 is 10.2 Å². The van der Waals surface area contributed by atoms with Crippen molar-refractivity contribution in [3.63, 3.8) is 0 Å². The van der Waals surface area contributed by atoms with Gasteiger partial charge in [0.15, 0.2) is 0 Å².